The van der Waals surface area contributed by atoms with Crippen LogP contribution in [-0.4, -0.2) is 43.8 Å². The molecule has 4 rings (SSSR count). The van der Waals surface area contributed by atoms with Gasteiger partial charge in [0.05, 0.1) is 11.3 Å². The fourth-order valence-electron chi connectivity index (χ4n) is 3.98. The second-order valence-corrected chi connectivity index (χ2v) is 9.37. The smallest absolute Gasteiger partial charge is 0.215 e. The first-order valence-electron chi connectivity index (χ1n) is 9.03. The molecule has 2 aliphatic heterocycles. The number of ether oxygens (including phenoxy) is 1. The average molecular weight is 350 g/mol. The predicted octanol–water partition coefficient (Wildman–Crippen LogP) is 2.45. The lowest BCUT2D eigenvalue weighted by molar-refractivity contribution is -0.0220. The van der Waals surface area contributed by atoms with Crippen molar-refractivity contribution in [2.75, 3.05) is 19.6 Å². The molecular formula is C18H26N2O3S. The lowest BCUT2D eigenvalue weighted by Gasteiger charge is -2.46. The van der Waals surface area contributed by atoms with Gasteiger partial charge in [0.25, 0.3) is 0 Å². The van der Waals surface area contributed by atoms with Crippen molar-refractivity contribution in [1.29, 1.82) is 0 Å². The normalized spacial score (nSPS) is 26.8. The number of benzene rings is 1. The van der Waals surface area contributed by atoms with Crippen LogP contribution in [0.5, 0.6) is 5.75 Å². The maximum absolute atomic E-state index is 12.5. The molecule has 0 radical (unpaired) electrons. The molecule has 1 unspecified atom stereocenters. The van der Waals surface area contributed by atoms with E-state index >= 15 is 0 Å². The van der Waals surface area contributed by atoms with E-state index in [-0.39, 0.29) is 16.9 Å². The van der Waals surface area contributed by atoms with Crippen LogP contribution in [0, 0.1) is 0 Å². The van der Waals surface area contributed by atoms with Crippen molar-refractivity contribution < 1.29 is 13.2 Å². The summed E-state index contributed by atoms with van der Waals surface area (Å²) in [4.78, 5) is 2.43. The van der Waals surface area contributed by atoms with E-state index in [9.17, 15) is 8.42 Å². The Morgan fingerprint density at radius 1 is 1.25 bits per heavy atom. The van der Waals surface area contributed by atoms with Gasteiger partial charge in [-0.15, -0.1) is 0 Å². The lowest BCUT2D eigenvalue weighted by atomic mass is 9.81. The van der Waals surface area contributed by atoms with Crippen LogP contribution in [0.2, 0.25) is 0 Å². The van der Waals surface area contributed by atoms with Gasteiger partial charge in [-0.3, -0.25) is 0 Å². The highest BCUT2D eigenvalue weighted by Crippen LogP contribution is 2.45. The molecule has 1 aromatic carbocycles. The fourth-order valence-corrected chi connectivity index (χ4v) is 5.54. The SMILES string of the molecule is CCN1CCC2(CC1)CC(NS(=O)(=O)C1CC1)c1ccccc1O2. The molecule has 0 amide bonds. The molecule has 1 atom stereocenters. The minimum Gasteiger partial charge on any atom is -0.487 e. The van der Waals surface area contributed by atoms with Crippen molar-refractivity contribution in [3.8, 4) is 5.75 Å². The monoisotopic (exact) mass is 350 g/mol. The molecule has 1 aliphatic carbocycles. The molecular weight excluding hydrogens is 324 g/mol. The molecule has 132 valence electrons. The number of piperidine rings is 1. The summed E-state index contributed by atoms with van der Waals surface area (Å²) < 4.78 is 34.4. The third-order valence-corrected chi connectivity index (χ3v) is 7.64. The predicted molar refractivity (Wildman–Crippen MR) is 93.6 cm³/mol. The largest absolute Gasteiger partial charge is 0.487 e. The molecule has 1 spiro atoms. The van der Waals surface area contributed by atoms with E-state index in [0.717, 1.165) is 63.1 Å². The highest BCUT2D eigenvalue weighted by molar-refractivity contribution is 7.90. The molecule has 1 saturated heterocycles. The van der Waals surface area contributed by atoms with Crippen molar-refractivity contribution >= 4 is 10.0 Å². The Bertz CT molecular complexity index is 707. The minimum atomic E-state index is -3.22. The van der Waals surface area contributed by atoms with Crippen LogP contribution in [0.25, 0.3) is 0 Å². The van der Waals surface area contributed by atoms with E-state index in [1.165, 1.54) is 0 Å². The highest BCUT2D eigenvalue weighted by Gasteiger charge is 2.45. The maximum Gasteiger partial charge on any atom is 0.215 e. The summed E-state index contributed by atoms with van der Waals surface area (Å²) >= 11 is 0. The van der Waals surface area contributed by atoms with Gasteiger partial charge in [-0.1, -0.05) is 25.1 Å². The van der Waals surface area contributed by atoms with Gasteiger partial charge in [0.2, 0.25) is 10.0 Å². The Morgan fingerprint density at radius 2 is 1.96 bits per heavy atom. The van der Waals surface area contributed by atoms with E-state index in [1.54, 1.807) is 0 Å². The first-order valence-corrected chi connectivity index (χ1v) is 10.6. The molecule has 6 heteroatoms. The molecule has 1 aromatic rings. The Balaban J connectivity index is 1.61. The van der Waals surface area contributed by atoms with E-state index in [2.05, 4.69) is 16.5 Å². The van der Waals surface area contributed by atoms with Gasteiger partial charge >= 0.3 is 0 Å². The Labute approximate surface area is 144 Å². The number of fused-ring (bicyclic) bond motifs is 1. The highest BCUT2D eigenvalue weighted by atomic mass is 32.2. The fraction of sp³-hybridized carbons (Fsp3) is 0.667. The van der Waals surface area contributed by atoms with Crippen LogP contribution in [0.3, 0.4) is 0 Å². The summed E-state index contributed by atoms with van der Waals surface area (Å²) in [6.45, 7) is 5.27. The molecule has 24 heavy (non-hydrogen) atoms. The Morgan fingerprint density at radius 3 is 2.62 bits per heavy atom. The van der Waals surface area contributed by atoms with Crippen molar-refractivity contribution in [2.45, 2.75) is 55.9 Å². The summed E-state index contributed by atoms with van der Waals surface area (Å²) in [5, 5.41) is -0.189. The molecule has 1 saturated carbocycles. The average Bonchev–Trinajstić information content (AvgIpc) is 3.41. The second-order valence-electron chi connectivity index (χ2n) is 7.38. The maximum atomic E-state index is 12.5. The summed E-state index contributed by atoms with van der Waals surface area (Å²) in [7, 11) is -3.22. The summed E-state index contributed by atoms with van der Waals surface area (Å²) in [5.41, 5.74) is 0.738. The van der Waals surface area contributed by atoms with E-state index in [1.807, 2.05) is 24.3 Å². The van der Waals surface area contributed by atoms with E-state index in [4.69, 9.17) is 4.74 Å². The molecule has 2 heterocycles. The number of likely N-dealkylation sites (tertiary alicyclic amines) is 1. The van der Waals surface area contributed by atoms with E-state index in [0.29, 0.717) is 0 Å². The van der Waals surface area contributed by atoms with Crippen LogP contribution >= 0.6 is 0 Å². The number of hydrogen-bond acceptors (Lipinski definition) is 4. The summed E-state index contributed by atoms with van der Waals surface area (Å²) in [6, 6.07) is 7.71. The quantitative estimate of drug-likeness (QED) is 0.906. The van der Waals surface area contributed by atoms with Crippen molar-refractivity contribution in [1.82, 2.24) is 9.62 Å². The second kappa shape index (κ2) is 6.00. The van der Waals surface area contributed by atoms with Gasteiger partial charge in [0, 0.05) is 25.1 Å². The van der Waals surface area contributed by atoms with Crippen LogP contribution in [0.4, 0.5) is 0 Å². The first-order chi connectivity index (χ1) is 11.5. The number of para-hydroxylation sites is 1. The van der Waals surface area contributed by atoms with Gasteiger partial charge in [-0.2, -0.15) is 0 Å². The van der Waals surface area contributed by atoms with Crippen molar-refractivity contribution in [2.24, 2.45) is 0 Å². The standard InChI is InChI=1S/C18H26N2O3S/c1-2-20-11-9-18(10-12-20)13-16(19-24(21,22)14-7-8-14)15-5-3-4-6-17(15)23-18/h3-6,14,16,19H,2,7-13H2,1H3. The number of nitrogens with one attached hydrogen (secondary N) is 1. The zero-order valence-corrected chi connectivity index (χ0v) is 15.0. The first kappa shape index (κ1) is 16.4. The molecule has 2 fully saturated rings. The van der Waals surface area contributed by atoms with Gasteiger partial charge in [0.15, 0.2) is 0 Å². The van der Waals surface area contributed by atoms with Crippen molar-refractivity contribution in [3.63, 3.8) is 0 Å². The topological polar surface area (TPSA) is 58.6 Å². The Kier molecular flexibility index (Phi) is 4.09. The third kappa shape index (κ3) is 3.07. The number of hydrogen-bond donors (Lipinski definition) is 1. The zero-order valence-electron chi connectivity index (χ0n) is 14.2. The summed E-state index contributed by atoms with van der Waals surface area (Å²) in [6.07, 6.45) is 4.22. The summed E-state index contributed by atoms with van der Waals surface area (Å²) in [5.74, 6) is 0.845. The van der Waals surface area contributed by atoms with Crippen LogP contribution in [0.1, 0.15) is 50.6 Å². The third-order valence-electron chi connectivity index (χ3n) is 5.68. The van der Waals surface area contributed by atoms with Gasteiger partial charge < -0.3 is 9.64 Å². The van der Waals surface area contributed by atoms with Crippen molar-refractivity contribution in [3.05, 3.63) is 29.8 Å². The van der Waals surface area contributed by atoms with Gasteiger partial charge in [-0.25, -0.2) is 13.1 Å². The molecule has 0 aromatic heterocycles. The van der Waals surface area contributed by atoms with Gasteiger partial charge in [0.1, 0.15) is 11.4 Å². The van der Waals surface area contributed by atoms with Crippen LogP contribution in [-0.2, 0) is 10.0 Å². The molecule has 1 N–H and O–H groups in total. The molecule has 3 aliphatic rings. The van der Waals surface area contributed by atoms with Crippen LogP contribution < -0.4 is 9.46 Å². The molecule has 0 bridgehead atoms. The van der Waals surface area contributed by atoms with Crippen LogP contribution in [0.15, 0.2) is 24.3 Å². The number of rotatable bonds is 4. The zero-order chi connectivity index (χ0) is 16.8. The minimum absolute atomic E-state index is 0.172. The Hall–Kier alpha value is -1.11. The number of nitrogens with zero attached hydrogens (tertiary/aromatic N) is 1. The lowest BCUT2D eigenvalue weighted by Crippen LogP contribution is -2.52. The van der Waals surface area contributed by atoms with E-state index < -0.39 is 10.0 Å². The van der Waals surface area contributed by atoms with Gasteiger partial charge in [-0.05, 0) is 38.3 Å². The number of sulfonamides is 1. The molecule has 5 nitrogen and oxygen atoms in total.